The maximum Gasteiger partial charge on any atom is 0.322 e. The van der Waals surface area contributed by atoms with E-state index in [2.05, 4.69) is 25.2 Å². The van der Waals surface area contributed by atoms with Gasteiger partial charge >= 0.3 is 11.9 Å². The number of thioether (sulfide) groups is 1. The summed E-state index contributed by atoms with van der Waals surface area (Å²) in [5.74, 6) is -5.71. The summed E-state index contributed by atoms with van der Waals surface area (Å²) in [6.45, 7) is 9.69. The van der Waals surface area contributed by atoms with Crippen LogP contribution in [0.4, 0.5) is 11.4 Å². The molecule has 0 fully saturated rings. The van der Waals surface area contributed by atoms with Crippen molar-refractivity contribution < 1.29 is 72.9 Å². The minimum atomic E-state index is -4.59. The van der Waals surface area contributed by atoms with E-state index in [9.17, 15) is 68.3 Å². The molecule has 23 heteroatoms. The Hall–Kier alpha value is -5.01. The average molecular weight is 1080 g/mol. The number of unbranched alkanes of at least 4 members (excludes halogenated alkanes) is 1. The van der Waals surface area contributed by atoms with Crippen LogP contribution in [0.25, 0.3) is 0 Å². The number of ketones is 1. The second-order valence-corrected chi connectivity index (χ2v) is 25.0. The Morgan fingerprint density at radius 3 is 2.18 bits per heavy atom. The number of fused-ring (bicyclic) bond motifs is 2. The first-order valence-electron chi connectivity index (χ1n) is 23.4. The largest absolute Gasteiger partial charge is 0.480 e. The van der Waals surface area contributed by atoms with Gasteiger partial charge in [-0.2, -0.15) is 29.8 Å². The van der Waals surface area contributed by atoms with Crippen molar-refractivity contribution >= 4 is 82.8 Å². The normalized spacial score (nSPS) is 18.7. The van der Waals surface area contributed by atoms with Gasteiger partial charge in [0.15, 0.2) is 5.71 Å². The lowest BCUT2D eigenvalue weighted by Crippen LogP contribution is -2.37. The fourth-order valence-corrected chi connectivity index (χ4v) is 12.3. The molecule has 0 aromatic heterocycles. The number of carbonyl (C=O) groups excluding carboxylic acids is 2. The topological polar surface area (TPSA) is 316 Å². The van der Waals surface area contributed by atoms with Gasteiger partial charge in [-0.1, -0.05) is 43.7 Å². The molecule has 0 saturated heterocycles. The molecule has 2 heterocycles. The fraction of sp³-hybridized carbons (Fsp3) is 0.490. The number of nitrogens with two attached hydrogens (primary N) is 1. The van der Waals surface area contributed by atoms with Crippen molar-refractivity contribution in [3.63, 3.8) is 0 Å². The van der Waals surface area contributed by atoms with Gasteiger partial charge in [0.2, 0.25) is 11.6 Å². The first-order valence-corrected chi connectivity index (χ1v) is 29.1. The first kappa shape index (κ1) is 57.9. The minimum Gasteiger partial charge on any atom is -0.480 e. The number of aryl methyl sites for hydroxylation is 1. The van der Waals surface area contributed by atoms with Crippen LogP contribution in [0.5, 0.6) is 0 Å². The van der Waals surface area contributed by atoms with E-state index in [1.165, 1.54) is 23.9 Å². The molecule has 1 amide bonds. The molecule has 0 radical (unpaired) electrons. The highest BCUT2D eigenvalue weighted by Crippen LogP contribution is 2.49. The molecule has 19 nitrogen and oxygen atoms in total. The number of anilines is 1. The summed E-state index contributed by atoms with van der Waals surface area (Å²) < 4.78 is 102. The molecule has 8 N–H and O–H groups in total. The molecule has 0 bridgehead atoms. The monoisotopic (exact) mass is 1080 g/mol. The molecule has 2 atom stereocenters. The van der Waals surface area contributed by atoms with Gasteiger partial charge in [-0.05, 0) is 100 Å². The Morgan fingerprint density at radius 2 is 1.54 bits per heavy atom. The number of benzene rings is 2. The molecule has 72 heavy (non-hydrogen) atoms. The van der Waals surface area contributed by atoms with Crippen LogP contribution in [0, 0.1) is 12.8 Å². The number of Topliss-reactive ketones (excluding diaryl/α,β-unsaturated/α-hetero) is 1. The molecule has 0 spiro atoms. The SMILES string of the molecule is Cc1ccc2c(c1)C(C)(C)C(=CC=C1CCCC(C=CC3=[N+](CCCCS(=O)(=O)O)c4ccc(S(=O)(=O)O)cc4C3(C)C)=C1SC[C@H](CC(=O)CC[C@H](N)C(=O)O)C(=O)NCC(=O)O)N2CCCS(=O)(=O)O. The Bertz CT molecular complexity index is 2970. The van der Waals surface area contributed by atoms with Crippen molar-refractivity contribution in [2.75, 3.05) is 41.8 Å². The van der Waals surface area contributed by atoms with E-state index in [4.69, 9.17) is 5.73 Å². The zero-order valence-corrected chi connectivity index (χ0v) is 44.2. The zero-order chi connectivity index (χ0) is 53.6. The molecule has 2 aromatic carbocycles. The number of nitrogens with one attached hydrogen (secondary N) is 1. The predicted molar refractivity (Wildman–Crippen MR) is 275 cm³/mol. The van der Waals surface area contributed by atoms with Crippen LogP contribution in [0.15, 0.2) is 87.3 Å². The molecular weight excluding hydrogens is 1010 g/mol. The number of amides is 1. The highest BCUT2D eigenvalue weighted by Gasteiger charge is 2.45. The number of nitrogens with zero attached hydrogens (tertiary/aromatic N) is 2. The number of hydrogen-bond acceptors (Lipinski definition) is 13. The number of aliphatic carboxylic acids is 2. The van der Waals surface area contributed by atoms with Gasteiger partial charge in [-0.15, -0.1) is 11.8 Å². The van der Waals surface area contributed by atoms with Gasteiger partial charge in [-0.25, -0.2) is 0 Å². The standard InChI is InChI=1S/C49H64N4O15S4/c1-31-12-18-40-37(26-31)48(2,3)42(53(40)23-9-25-71(63,64)65)20-13-32-10-8-11-33(45(32)69-30-34(46(57)51-29-44(55)56)27-35(54)15-17-39(50)47(58)59)14-21-43-49(4,5)38-28-36(72(66,67)68)16-19-41(38)52(43)22-6-7-24-70(60,61)62/h12-14,16,18-21,26,28,34,39H,6-11,15,17,22-25,27,29-30,50H2,1-5H3,(H5-,51,55,56,57,58,59,60,61,62,63,64,65,66,67,68)/p+1/t34-,39-/m0/s1. The third-order valence-electron chi connectivity index (χ3n) is 13.1. The lowest BCUT2D eigenvalue weighted by atomic mass is 9.81. The summed E-state index contributed by atoms with van der Waals surface area (Å²) in [6, 6.07) is 8.97. The minimum absolute atomic E-state index is 0.00740. The Kier molecular flexibility index (Phi) is 18.9. The van der Waals surface area contributed by atoms with Crippen molar-refractivity contribution in [3.05, 3.63) is 99.1 Å². The molecule has 5 rings (SSSR count). The van der Waals surface area contributed by atoms with Crippen LogP contribution >= 0.6 is 11.8 Å². The van der Waals surface area contributed by atoms with E-state index >= 15 is 0 Å². The van der Waals surface area contributed by atoms with Crippen molar-refractivity contribution in [3.8, 4) is 0 Å². The Morgan fingerprint density at radius 1 is 0.861 bits per heavy atom. The molecular formula is C49H65N4O15S4+. The average Bonchev–Trinajstić information content (AvgIpc) is 3.61. The van der Waals surface area contributed by atoms with Crippen LogP contribution in [0.1, 0.15) is 102 Å². The van der Waals surface area contributed by atoms with Gasteiger partial charge in [-0.3, -0.25) is 32.8 Å². The molecule has 394 valence electrons. The lowest BCUT2D eigenvalue weighted by Gasteiger charge is -2.27. The van der Waals surface area contributed by atoms with E-state index < -0.39 is 94.8 Å². The van der Waals surface area contributed by atoms with E-state index in [0.717, 1.165) is 38.6 Å². The molecule has 2 aromatic rings. The maximum atomic E-state index is 13.6. The quantitative estimate of drug-likeness (QED) is 0.0347. The van der Waals surface area contributed by atoms with E-state index in [0.29, 0.717) is 42.6 Å². The first-order chi connectivity index (χ1) is 33.4. The Balaban J connectivity index is 1.66. The predicted octanol–water partition coefficient (Wildman–Crippen LogP) is 5.87. The van der Waals surface area contributed by atoms with Gasteiger partial charge in [0.05, 0.1) is 27.7 Å². The molecule has 3 aliphatic rings. The number of carboxylic acids is 2. The van der Waals surface area contributed by atoms with Crippen molar-refractivity contribution in [1.29, 1.82) is 0 Å². The van der Waals surface area contributed by atoms with Crippen LogP contribution in [-0.4, -0.2) is 126 Å². The number of hydrogen-bond donors (Lipinski definition) is 7. The van der Waals surface area contributed by atoms with Crippen molar-refractivity contribution in [1.82, 2.24) is 5.32 Å². The summed E-state index contributed by atoms with van der Waals surface area (Å²) in [5.41, 5.74) is 11.6. The van der Waals surface area contributed by atoms with Crippen LogP contribution in [-0.2, 0) is 60.4 Å². The molecule has 0 saturated carbocycles. The molecule has 0 unspecified atom stereocenters. The van der Waals surface area contributed by atoms with Crippen LogP contribution in [0.2, 0.25) is 0 Å². The number of carbonyl (C=O) groups is 4. The lowest BCUT2D eigenvalue weighted by molar-refractivity contribution is -0.438. The second-order valence-electron chi connectivity index (χ2n) is 19.4. The van der Waals surface area contributed by atoms with Gasteiger partial charge < -0.3 is 26.2 Å². The zero-order valence-electron chi connectivity index (χ0n) is 41.0. The summed E-state index contributed by atoms with van der Waals surface area (Å²) in [5, 5.41) is 21.0. The summed E-state index contributed by atoms with van der Waals surface area (Å²) >= 11 is 1.28. The number of allylic oxidation sites excluding steroid dienone is 7. The summed E-state index contributed by atoms with van der Waals surface area (Å²) in [4.78, 5) is 52.3. The summed E-state index contributed by atoms with van der Waals surface area (Å²) in [7, 11) is -13.1. The highest BCUT2D eigenvalue weighted by molar-refractivity contribution is 8.03. The fourth-order valence-electron chi connectivity index (χ4n) is 9.35. The molecule has 1 aliphatic carbocycles. The summed E-state index contributed by atoms with van der Waals surface area (Å²) in [6.07, 6.45) is 9.34. The van der Waals surface area contributed by atoms with E-state index in [-0.39, 0.29) is 55.8 Å². The van der Waals surface area contributed by atoms with Crippen molar-refractivity contribution in [2.24, 2.45) is 11.7 Å². The third-order valence-corrected chi connectivity index (χ3v) is 17.0. The number of rotatable bonds is 25. The van der Waals surface area contributed by atoms with Gasteiger partial charge in [0.1, 0.15) is 24.9 Å². The van der Waals surface area contributed by atoms with Crippen LogP contribution < -0.4 is 16.0 Å². The Labute approximate surface area is 425 Å². The van der Waals surface area contributed by atoms with E-state index in [1.54, 1.807) is 6.07 Å². The van der Waals surface area contributed by atoms with Gasteiger partial charge in [0, 0.05) is 71.0 Å². The van der Waals surface area contributed by atoms with Crippen molar-refractivity contribution in [2.45, 2.75) is 114 Å². The smallest absolute Gasteiger partial charge is 0.322 e. The molecule has 2 aliphatic heterocycles. The van der Waals surface area contributed by atoms with Crippen LogP contribution in [0.3, 0.4) is 0 Å². The van der Waals surface area contributed by atoms with Gasteiger partial charge in [0.25, 0.3) is 30.4 Å². The highest BCUT2D eigenvalue weighted by atomic mass is 32.2. The maximum absolute atomic E-state index is 13.6. The number of carboxylic acid groups (broad SMARTS) is 2. The second kappa shape index (κ2) is 23.5. The third kappa shape index (κ3) is 15.0. The van der Waals surface area contributed by atoms with E-state index in [1.807, 2.05) is 66.7 Å².